The molecule has 3 rings (SSSR count). The highest BCUT2D eigenvalue weighted by Crippen LogP contribution is 2.28. The van der Waals surface area contributed by atoms with Gasteiger partial charge in [-0.15, -0.1) is 0 Å². The van der Waals surface area contributed by atoms with Crippen molar-refractivity contribution in [2.45, 2.75) is 6.04 Å². The monoisotopic (exact) mass is 268 g/mol. The quantitative estimate of drug-likeness (QED) is 0.789. The molecule has 1 aromatic carbocycles. The number of methoxy groups -OCH3 is 1. The van der Waals surface area contributed by atoms with Crippen molar-refractivity contribution in [2.75, 3.05) is 14.2 Å². The van der Waals surface area contributed by atoms with Crippen LogP contribution in [-0.4, -0.2) is 19.1 Å². The Labute approximate surface area is 117 Å². The summed E-state index contributed by atoms with van der Waals surface area (Å²) in [6.45, 7) is 0. The van der Waals surface area contributed by atoms with Gasteiger partial charge in [-0.2, -0.15) is 0 Å². The Morgan fingerprint density at radius 3 is 2.80 bits per heavy atom. The van der Waals surface area contributed by atoms with Crippen LogP contribution >= 0.6 is 0 Å². The largest absolute Gasteiger partial charge is 0.495 e. The Hall–Kier alpha value is -2.33. The van der Waals surface area contributed by atoms with E-state index in [4.69, 9.17) is 9.15 Å². The molecular formula is C16H16N2O2. The second-order valence-corrected chi connectivity index (χ2v) is 4.57. The summed E-state index contributed by atoms with van der Waals surface area (Å²) in [5.74, 6) is 1.60. The van der Waals surface area contributed by atoms with E-state index in [0.717, 1.165) is 28.0 Å². The number of ether oxygens (including phenoxy) is 1. The van der Waals surface area contributed by atoms with Crippen LogP contribution in [0, 0.1) is 0 Å². The normalized spacial score (nSPS) is 12.5. The molecule has 2 aromatic heterocycles. The molecule has 0 radical (unpaired) electrons. The van der Waals surface area contributed by atoms with Crippen LogP contribution in [0.2, 0.25) is 0 Å². The van der Waals surface area contributed by atoms with E-state index in [9.17, 15) is 0 Å². The SMILES string of the molecule is CNC(c1cncc(OC)c1)c1cc2ccccc2o1. The van der Waals surface area contributed by atoms with Crippen molar-refractivity contribution in [1.82, 2.24) is 10.3 Å². The second-order valence-electron chi connectivity index (χ2n) is 4.57. The van der Waals surface area contributed by atoms with Gasteiger partial charge in [0.15, 0.2) is 0 Å². The van der Waals surface area contributed by atoms with Crippen LogP contribution in [0.15, 0.2) is 53.2 Å². The van der Waals surface area contributed by atoms with Crippen molar-refractivity contribution >= 4 is 11.0 Å². The van der Waals surface area contributed by atoms with Gasteiger partial charge >= 0.3 is 0 Å². The smallest absolute Gasteiger partial charge is 0.137 e. The van der Waals surface area contributed by atoms with Crippen molar-refractivity contribution in [1.29, 1.82) is 0 Å². The van der Waals surface area contributed by atoms with Gasteiger partial charge < -0.3 is 14.5 Å². The van der Waals surface area contributed by atoms with E-state index in [1.54, 1.807) is 13.3 Å². The lowest BCUT2D eigenvalue weighted by molar-refractivity contribution is 0.410. The zero-order valence-corrected chi connectivity index (χ0v) is 11.5. The molecule has 3 aromatic rings. The van der Waals surface area contributed by atoms with Gasteiger partial charge in [-0.3, -0.25) is 4.98 Å². The molecule has 0 fully saturated rings. The number of furan rings is 1. The number of hydrogen-bond acceptors (Lipinski definition) is 4. The number of nitrogens with zero attached hydrogens (tertiary/aromatic N) is 1. The summed E-state index contributed by atoms with van der Waals surface area (Å²) in [6, 6.07) is 11.9. The fourth-order valence-corrected chi connectivity index (χ4v) is 2.32. The lowest BCUT2D eigenvalue weighted by Gasteiger charge is -2.14. The highest BCUT2D eigenvalue weighted by Gasteiger charge is 2.17. The minimum Gasteiger partial charge on any atom is -0.495 e. The van der Waals surface area contributed by atoms with Crippen LogP contribution in [0.4, 0.5) is 0 Å². The molecule has 0 saturated carbocycles. The number of fused-ring (bicyclic) bond motifs is 1. The van der Waals surface area contributed by atoms with E-state index in [0.29, 0.717) is 0 Å². The summed E-state index contributed by atoms with van der Waals surface area (Å²) in [7, 11) is 3.54. The first-order valence-corrected chi connectivity index (χ1v) is 6.46. The molecule has 0 saturated heterocycles. The molecule has 0 amide bonds. The maximum atomic E-state index is 5.92. The first-order chi connectivity index (χ1) is 9.81. The minimum atomic E-state index is -0.0509. The van der Waals surface area contributed by atoms with Crippen LogP contribution in [0.25, 0.3) is 11.0 Å². The average Bonchev–Trinajstić information content (AvgIpc) is 2.91. The van der Waals surface area contributed by atoms with Crippen molar-refractivity contribution in [3.63, 3.8) is 0 Å². The molecular weight excluding hydrogens is 252 g/mol. The standard InChI is InChI=1S/C16H16N2O2/c1-17-16(12-7-13(19-2)10-18-9-12)15-8-11-5-3-4-6-14(11)20-15/h3-10,16-17H,1-2H3. The molecule has 0 aliphatic heterocycles. The Balaban J connectivity index is 2.03. The molecule has 1 atom stereocenters. The summed E-state index contributed by atoms with van der Waals surface area (Å²) in [5.41, 5.74) is 1.89. The Morgan fingerprint density at radius 1 is 1.20 bits per heavy atom. The number of nitrogens with one attached hydrogen (secondary N) is 1. The molecule has 0 bridgehead atoms. The number of pyridine rings is 1. The maximum absolute atomic E-state index is 5.92. The average molecular weight is 268 g/mol. The molecule has 2 heterocycles. The zero-order chi connectivity index (χ0) is 13.9. The Kier molecular flexibility index (Phi) is 3.39. The summed E-state index contributed by atoms with van der Waals surface area (Å²) in [6.07, 6.45) is 3.51. The highest BCUT2D eigenvalue weighted by atomic mass is 16.5. The number of para-hydroxylation sites is 1. The van der Waals surface area contributed by atoms with Gasteiger partial charge in [-0.25, -0.2) is 0 Å². The number of rotatable bonds is 4. The first-order valence-electron chi connectivity index (χ1n) is 6.46. The van der Waals surface area contributed by atoms with Crippen LogP contribution < -0.4 is 10.1 Å². The van der Waals surface area contributed by atoms with Crippen molar-refractivity contribution < 1.29 is 9.15 Å². The molecule has 102 valence electrons. The predicted molar refractivity (Wildman–Crippen MR) is 77.9 cm³/mol. The molecule has 20 heavy (non-hydrogen) atoms. The third kappa shape index (κ3) is 2.26. The van der Waals surface area contributed by atoms with Crippen molar-refractivity contribution in [2.24, 2.45) is 0 Å². The fourth-order valence-electron chi connectivity index (χ4n) is 2.32. The molecule has 4 heteroatoms. The van der Waals surface area contributed by atoms with Crippen LogP contribution in [0.3, 0.4) is 0 Å². The third-order valence-electron chi connectivity index (χ3n) is 3.32. The van der Waals surface area contributed by atoms with Gasteiger partial charge in [0.1, 0.15) is 17.1 Å². The molecule has 0 aliphatic rings. The van der Waals surface area contributed by atoms with Gasteiger partial charge in [0.2, 0.25) is 0 Å². The number of aromatic nitrogens is 1. The highest BCUT2D eigenvalue weighted by molar-refractivity contribution is 5.77. The fraction of sp³-hybridized carbons (Fsp3) is 0.188. The van der Waals surface area contributed by atoms with Gasteiger partial charge in [0, 0.05) is 11.6 Å². The zero-order valence-electron chi connectivity index (χ0n) is 11.5. The van der Waals surface area contributed by atoms with Gasteiger partial charge in [-0.1, -0.05) is 18.2 Å². The minimum absolute atomic E-state index is 0.0509. The van der Waals surface area contributed by atoms with Gasteiger partial charge in [-0.05, 0) is 30.8 Å². The Morgan fingerprint density at radius 2 is 2.05 bits per heavy atom. The maximum Gasteiger partial charge on any atom is 0.137 e. The molecule has 0 aliphatic carbocycles. The van der Waals surface area contributed by atoms with E-state index < -0.39 is 0 Å². The Bertz CT molecular complexity index is 688. The van der Waals surface area contributed by atoms with E-state index in [1.807, 2.05) is 43.6 Å². The van der Waals surface area contributed by atoms with Gasteiger partial charge in [0.25, 0.3) is 0 Å². The molecule has 1 unspecified atom stereocenters. The van der Waals surface area contributed by atoms with Crippen LogP contribution in [0.5, 0.6) is 5.75 Å². The lowest BCUT2D eigenvalue weighted by atomic mass is 10.1. The topological polar surface area (TPSA) is 47.3 Å². The number of hydrogen-bond donors (Lipinski definition) is 1. The van der Waals surface area contributed by atoms with Crippen LogP contribution in [0.1, 0.15) is 17.4 Å². The number of benzene rings is 1. The van der Waals surface area contributed by atoms with E-state index in [1.165, 1.54) is 0 Å². The lowest BCUT2D eigenvalue weighted by Crippen LogP contribution is -2.17. The third-order valence-corrected chi connectivity index (χ3v) is 3.32. The van der Waals surface area contributed by atoms with Crippen molar-refractivity contribution in [3.8, 4) is 5.75 Å². The van der Waals surface area contributed by atoms with Gasteiger partial charge in [0.05, 0.1) is 19.3 Å². The molecule has 0 spiro atoms. The van der Waals surface area contributed by atoms with E-state index >= 15 is 0 Å². The predicted octanol–water partition coefficient (Wildman–Crippen LogP) is 3.15. The molecule has 1 N–H and O–H groups in total. The summed E-state index contributed by atoms with van der Waals surface area (Å²) in [5, 5.41) is 4.35. The molecule has 4 nitrogen and oxygen atoms in total. The van der Waals surface area contributed by atoms with Crippen LogP contribution in [-0.2, 0) is 0 Å². The second kappa shape index (κ2) is 5.35. The summed E-state index contributed by atoms with van der Waals surface area (Å²) >= 11 is 0. The van der Waals surface area contributed by atoms with E-state index in [2.05, 4.69) is 16.4 Å². The summed E-state index contributed by atoms with van der Waals surface area (Å²) < 4.78 is 11.1. The summed E-state index contributed by atoms with van der Waals surface area (Å²) in [4.78, 5) is 4.20. The van der Waals surface area contributed by atoms with Crippen molar-refractivity contribution in [3.05, 3.63) is 60.1 Å². The van der Waals surface area contributed by atoms with E-state index in [-0.39, 0.29) is 6.04 Å². The first kappa shape index (κ1) is 12.7.